The maximum absolute atomic E-state index is 12.1. The lowest BCUT2D eigenvalue weighted by molar-refractivity contribution is -0.155. The van der Waals surface area contributed by atoms with Crippen molar-refractivity contribution in [1.29, 1.82) is 0 Å². The zero-order valence-electron chi connectivity index (χ0n) is 12.8. The summed E-state index contributed by atoms with van der Waals surface area (Å²) in [5.74, 6) is 0.0358. The van der Waals surface area contributed by atoms with E-state index in [0.29, 0.717) is 19.8 Å². The molecule has 6 heteroatoms. The molecule has 2 fully saturated rings. The Balaban J connectivity index is 1.59. The number of fused-ring (bicyclic) bond motifs is 1. The summed E-state index contributed by atoms with van der Waals surface area (Å²) in [7, 11) is 1.55. The van der Waals surface area contributed by atoms with Gasteiger partial charge in [0.15, 0.2) is 0 Å². The van der Waals surface area contributed by atoms with Crippen molar-refractivity contribution in [2.75, 3.05) is 26.9 Å². The Morgan fingerprint density at radius 3 is 3.18 bits per heavy atom. The number of carbonyl (C=O) groups is 1. The first kappa shape index (κ1) is 15.4. The number of morpholine rings is 1. The van der Waals surface area contributed by atoms with E-state index in [4.69, 9.17) is 14.2 Å². The molecular weight excluding hydrogens is 284 g/mol. The topological polar surface area (TPSA) is 60.9 Å². The number of rotatable bonds is 5. The molecule has 0 unspecified atom stereocenters. The van der Waals surface area contributed by atoms with E-state index in [9.17, 15) is 4.79 Å². The highest BCUT2D eigenvalue weighted by Crippen LogP contribution is 2.32. The van der Waals surface area contributed by atoms with E-state index < -0.39 is 0 Å². The van der Waals surface area contributed by atoms with Gasteiger partial charge in [-0.3, -0.25) is 9.78 Å². The van der Waals surface area contributed by atoms with Crippen LogP contribution in [0.2, 0.25) is 0 Å². The van der Waals surface area contributed by atoms with Crippen LogP contribution in [0.15, 0.2) is 24.5 Å². The molecule has 1 aromatic heterocycles. The lowest BCUT2D eigenvalue weighted by atomic mass is 10.1. The summed E-state index contributed by atoms with van der Waals surface area (Å²) >= 11 is 0. The number of ether oxygens (including phenoxy) is 3. The fourth-order valence-corrected chi connectivity index (χ4v) is 3.30. The van der Waals surface area contributed by atoms with Crippen molar-refractivity contribution in [1.82, 2.24) is 9.88 Å². The van der Waals surface area contributed by atoms with Crippen LogP contribution in [0.25, 0.3) is 0 Å². The Kier molecular flexibility index (Phi) is 5.02. The number of amides is 1. The minimum absolute atomic E-state index is 0.0309. The number of nitrogens with zero attached hydrogens (tertiary/aromatic N) is 2. The Labute approximate surface area is 130 Å². The van der Waals surface area contributed by atoms with Crippen LogP contribution in [0.5, 0.6) is 0 Å². The first-order valence-corrected chi connectivity index (χ1v) is 7.70. The molecule has 0 bridgehead atoms. The molecular formula is C16H22N2O4. The molecule has 2 heterocycles. The lowest BCUT2D eigenvalue weighted by Crippen LogP contribution is -2.54. The third-order valence-electron chi connectivity index (χ3n) is 4.31. The second-order valence-corrected chi connectivity index (χ2v) is 5.71. The van der Waals surface area contributed by atoms with Crippen molar-refractivity contribution in [3.8, 4) is 0 Å². The molecule has 22 heavy (non-hydrogen) atoms. The minimum Gasteiger partial charge on any atom is -0.375 e. The van der Waals surface area contributed by atoms with Crippen LogP contribution in [-0.2, 0) is 25.6 Å². The van der Waals surface area contributed by atoms with Gasteiger partial charge >= 0.3 is 0 Å². The van der Waals surface area contributed by atoms with Crippen LogP contribution < -0.4 is 0 Å². The van der Waals surface area contributed by atoms with Crippen molar-refractivity contribution in [3.05, 3.63) is 30.1 Å². The van der Waals surface area contributed by atoms with Crippen molar-refractivity contribution in [2.45, 2.75) is 37.7 Å². The van der Waals surface area contributed by atoms with Gasteiger partial charge in [0.25, 0.3) is 0 Å². The van der Waals surface area contributed by atoms with E-state index in [1.807, 2.05) is 23.2 Å². The number of hydrogen-bond donors (Lipinski definition) is 0. The van der Waals surface area contributed by atoms with Gasteiger partial charge in [0.2, 0.25) is 5.91 Å². The normalized spacial score (nSPS) is 27.7. The summed E-state index contributed by atoms with van der Waals surface area (Å²) in [5.41, 5.74) is 1.05. The third kappa shape index (κ3) is 3.29. The third-order valence-corrected chi connectivity index (χ3v) is 4.31. The molecule has 3 atom stereocenters. The molecule has 1 aliphatic heterocycles. The van der Waals surface area contributed by atoms with Crippen molar-refractivity contribution < 1.29 is 19.0 Å². The molecule has 120 valence electrons. The molecule has 3 rings (SSSR count). The van der Waals surface area contributed by atoms with E-state index in [2.05, 4.69) is 4.98 Å². The Bertz CT molecular complexity index is 496. The number of methoxy groups -OCH3 is 1. The zero-order valence-corrected chi connectivity index (χ0v) is 12.8. The van der Waals surface area contributed by atoms with E-state index in [-0.39, 0.29) is 30.8 Å². The average molecular weight is 306 g/mol. The summed E-state index contributed by atoms with van der Waals surface area (Å²) in [6.45, 7) is 1.85. The molecule has 0 spiro atoms. The van der Waals surface area contributed by atoms with Gasteiger partial charge < -0.3 is 19.1 Å². The van der Waals surface area contributed by atoms with E-state index in [1.165, 1.54) is 0 Å². The highest BCUT2D eigenvalue weighted by atomic mass is 16.5. The predicted molar refractivity (Wildman–Crippen MR) is 79.2 cm³/mol. The molecule has 1 saturated carbocycles. The molecule has 0 N–H and O–H groups in total. The van der Waals surface area contributed by atoms with E-state index in [0.717, 1.165) is 18.4 Å². The number of carbonyl (C=O) groups excluding carboxylic acids is 1. The Hall–Kier alpha value is -1.50. The van der Waals surface area contributed by atoms with Gasteiger partial charge in [-0.1, -0.05) is 6.07 Å². The maximum atomic E-state index is 12.1. The van der Waals surface area contributed by atoms with Crippen molar-refractivity contribution >= 4 is 5.91 Å². The zero-order chi connectivity index (χ0) is 15.4. The molecule has 2 aliphatic rings. The Morgan fingerprint density at radius 2 is 2.41 bits per heavy atom. The van der Waals surface area contributed by atoms with Gasteiger partial charge in [-0.05, 0) is 24.5 Å². The summed E-state index contributed by atoms with van der Waals surface area (Å²) in [6, 6.07) is 4.00. The van der Waals surface area contributed by atoms with Gasteiger partial charge in [0.1, 0.15) is 12.7 Å². The smallest absolute Gasteiger partial charge is 0.248 e. The average Bonchev–Trinajstić information content (AvgIpc) is 2.97. The highest BCUT2D eigenvalue weighted by Gasteiger charge is 2.44. The molecule has 6 nitrogen and oxygen atoms in total. The van der Waals surface area contributed by atoms with Gasteiger partial charge in [0, 0.05) is 26.0 Å². The first-order chi connectivity index (χ1) is 10.8. The van der Waals surface area contributed by atoms with Crippen LogP contribution in [-0.4, -0.2) is 60.9 Å². The van der Waals surface area contributed by atoms with Crippen LogP contribution >= 0.6 is 0 Å². The van der Waals surface area contributed by atoms with Crippen LogP contribution in [0.4, 0.5) is 0 Å². The summed E-state index contributed by atoms with van der Waals surface area (Å²) in [4.78, 5) is 18.1. The number of pyridine rings is 1. The monoisotopic (exact) mass is 306 g/mol. The molecule has 1 saturated heterocycles. The molecule has 1 amide bonds. The quantitative estimate of drug-likeness (QED) is 0.812. The van der Waals surface area contributed by atoms with Crippen molar-refractivity contribution in [2.24, 2.45) is 0 Å². The van der Waals surface area contributed by atoms with Crippen LogP contribution in [0, 0.1) is 0 Å². The SMILES string of the molecule is COCC(=O)N1CCO[C@@H]2[C@H]1CC[C@H]2OCc1cccnc1. The van der Waals surface area contributed by atoms with Crippen LogP contribution in [0.1, 0.15) is 18.4 Å². The highest BCUT2D eigenvalue weighted by molar-refractivity contribution is 5.78. The van der Waals surface area contributed by atoms with Gasteiger partial charge in [0.05, 0.1) is 25.4 Å². The summed E-state index contributed by atoms with van der Waals surface area (Å²) in [5, 5.41) is 0. The molecule has 1 aliphatic carbocycles. The van der Waals surface area contributed by atoms with Gasteiger partial charge in [-0.25, -0.2) is 0 Å². The van der Waals surface area contributed by atoms with E-state index >= 15 is 0 Å². The van der Waals surface area contributed by atoms with Crippen molar-refractivity contribution in [3.63, 3.8) is 0 Å². The van der Waals surface area contributed by atoms with Gasteiger partial charge in [-0.15, -0.1) is 0 Å². The second kappa shape index (κ2) is 7.17. The van der Waals surface area contributed by atoms with Crippen LogP contribution in [0.3, 0.4) is 0 Å². The predicted octanol–water partition coefficient (Wildman–Crippen LogP) is 1.00. The fraction of sp³-hybridized carbons (Fsp3) is 0.625. The summed E-state index contributed by atoms with van der Waals surface area (Å²) in [6.07, 6.45) is 5.38. The first-order valence-electron chi connectivity index (χ1n) is 7.70. The standard InChI is InChI=1S/C16H22N2O4/c1-20-11-15(19)18-7-8-21-16-13(18)4-5-14(16)22-10-12-3-2-6-17-9-12/h2-3,6,9,13-14,16H,4-5,7-8,10-11H2,1H3/t13-,14-,16-/m1/s1. The summed E-state index contributed by atoms with van der Waals surface area (Å²) < 4.78 is 16.9. The maximum Gasteiger partial charge on any atom is 0.248 e. The minimum atomic E-state index is -0.0359. The number of hydrogen-bond acceptors (Lipinski definition) is 5. The number of aromatic nitrogens is 1. The molecule has 0 radical (unpaired) electrons. The molecule has 1 aromatic rings. The molecule has 0 aromatic carbocycles. The largest absolute Gasteiger partial charge is 0.375 e. The second-order valence-electron chi connectivity index (χ2n) is 5.71. The Morgan fingerprint density at radius 1 is 1.50 bits per heavy atom. The van der Waals surface area contributed by atoms with E-state index in [1.54, 1.807) is 13.3 Å². The lowest BCUT2D eigenvalue weighted by Gasteiger charge is -2.39. The fourth-order valence-electron chi connectivity index (χ4n) is 3.30. The van der Waals surface area contributed by atoms with Gasteiger partial charge in [-0.2, -0.15) is 0 Å².